The van der Waals surface area contributed by atoms with Gasteiger partial charge in [0, 0.05) is 37.3 Å². The highest BCUT2D eigenvalue weighted by atomic mass is 32.2. The van der Waals surface area contributed by atoms with Crippen LogP contribution in [0.1, 0.15) is 56.8 Å². The second-order valence-corrected chi connectivity index (χ2v) is 10.4. The maximum Gasteiger partial charge on any atom is 0.256 e. The predicted octanol–water partition coefficient (Wildman–Crippen LogP) is 3.53. The van der Waals surface area contributed by atoms with Crippen molar-refractivity contribution in [2.24, 2.45) is 5.92 Å². The SMILES string of the molecule is C=CCn1cc(C(=O)NC2CCC(C)CC2)c(=O)c2cc(S(=O)(=O)N(CC)CC)ccc21. The van der Waals surface area contributed by atoms with Crippen molar-refractivity contribution in [3.8, 4) is 0 Å². The molecule has 1 heterocycles. The van der Waals surface area contributed by atoms with E-state index in [1.54, 1.807) is 36.8 Å². The highest BCUT2D eigenvalue weighted by Crippen LogP contribution is 2.24. The number of carbonyl (C=O) groups excluding carboxylic acids is 1. The normalized spacial score (nSPS) is 19.2. The summed E-state index contributed by atoms with van der Waals surface area (Å²) in [5.74, 6) is 0.242. The standard InChI is InChI=1S/C24H33N3O4S/c1-5-14-26-16-21(24(29)25-18-10-8-17(4)9-11-18)23(28)20-15-19(12-13-22(20)26)32(30,31)27(6-2)7-3/h5,12-13,15-18H,1,6-11,14H2,2-4H3,(H,25,29). The Bertz CT molecular complexity index is 1160. The van der Waals surface area contributed by atoms with E-state index in [1.165, 1.54) is 16.4 Å². The number of hydrogen-bond acceptors (Lipinski definition) is 4. The number of amides is 1. The summed E-state index contributed by atoms with van der Waals surface area (Å²) in [6.07, 6.45) is 7.12. The van der Waals surface area contributed by atoms with Gasteiger partial charge in [-0.1, -0.05) is 26.8 Å². The Balaban J connectivity index is 2.08. The third kappa shape index (κ3) is 4.81. The number of benzene rings is 1. The van der Waals surface area contributed by atoms with Crippen LogP contribution in [0.5, 0.6) is 0 Å². The molecule has 0 atom stereocenters. The first kappa shape index (κ1) is 24.2. The van der Waals surface area contributed by atoms with Crippen LogP contribution in [0, 0.1) is 5.92 Å². The molecular formula is C24H33N3O4S. The minimum absolute atomic E-state index is 0.0235. The Morgan fingerprint density at radius 2 is 1.88 bits per heavy atom. The molecule has 1 aromatic carbocycles. The Morgan fingerprint density at radius 3 is 2.47 bits per heavy atom. The van der Waals surface area contributed by atoms with Gasteiger partial charge in [0.1, 0.15) is 5.56 Å². The minimum atomic E-state index is -3.73. The smallest absolute Gasteiger partial charge is 0.256 e. The van der Waals surface area contributed by atoms with E-state index in [1.807, 2.05) is 0 Å². The van der Waals surface area contributed by atoms with E-state index >= 15 is 0 Å². The van der Waals surface area contributed by atoms with Crippen molar-refractivity contribution in [3.05, 3.63) is 52.8 Å². The number of carbonyl (C=O) groups is 1. The van der Waals surface area contributed by atoms with Crippen LogP contribution in [0.3, 0.4) is 0 Å². The second-order valence-electron chi connectivity index (χ2n) is 8.51. The average molecular weight is 460 g/mol. The molecule has 174 valence electrons. The number of nitrogens with zero attached hydrogens (tertiary/aromatic N) is 2. The van der Waals surface area contributed by atoms with E-state index in [0.29, 0.717) is 31.1 Å². The number of rotatable bonds is 8. The lowest BCUT2D eigenvalue weighted by Gasteiger charge is -2.27. The van der Waals surface area contributed by atoms with Crippen molar-refractivity contribution in [2.75, 3.05) is 13.1 Å². The minimum Gasteiger partial charge on any atom is -0.349 e. The first-order valence-electron chi connectivity index (χ1n) is 11.3. The number of hydrogen-bond donors (Lipinski definition) is 1. The van der Waals surface area contributed by atoms with Crippen molar-refractivity contribution in [3.63, 3.8) is 0 Å². The molecule has 1 fully saturated rings. The van der Waals surface area contributed by atoms with Gasteiger partial charge in [-0.05, 0) is 49.8 Å². The van der Waals surface area contributed by atoms with Gasteiger partial charge in [-0.3, -0.25) is 9.59 Å². The van der Waals surface area contributed by atoms with Crippen molar-refractivity contribution in [1.82, 2.24) is 14.2 Å². The number of fused-ring (bicyclic) bond motifs is 1. The highest BCUT2D eigenvalue weighted by molar-refractivity contribution is 7.89. The monoisotopic (exact) mass is 459 g/mol. The van der Waals surface area contributed by atoms with Crippen LogP contribution in [0.2, 0.25) is 0 Å². The predicted molar refractivity (Wildman–Crippen MR) is 127 cm³/mol. The highest BCUT2D eigenvalue weighted by Gasteiger charge is 2.25. The summed E-state index contributed by atoms with van der Waals surface area (Å²) < 4.78 is 29.1. The van der Waals surface area contributed by atoms with Crippen LogP contribution in [-0.4, -0.2) is 42.3 Å². The van der Waals surface area contributed by atoms with Gasteiger partial charge in [-0.2, -0.15) is 4.31 Å². The lowest BCUT2D eigenvalue weighted by Crippen LogP contribution is -2.39. The summed E-state index contributed by atoms with van der Waals surface area (Å²) >= 11 is 0. The summed E-state index contributed by atoms with van der Waals surface area (Å²) in [6, 6.07) is 4.58. The fourth-order valence-electron chi connectivity index (χ4n) is 4.37. The van der Waals surface area contributed by atoms with Crippen LogP contribution in [0.25, 0.3) is 10.9 Å². The molecule has 0 bridgehead atoms. The summed E-state index contributed by atoms with van der Waals surface area (Å²) in [6.45, 7) is 10.6. The fraction of sp³-hybridized carbons (Fsp3) is 0.500. The summed E-state index contributed by atoms with van der Waals surface area (Å²) in [5, 5.41) is 3.22. The van der Waals surface area contributed by atoms with E-state index in [4.69, 9.17) is 0 Å². The van der Waals surface area contributed by atoms with E-state index < -0.39 is 21.4 Å². The van der Waals surface area contributed by atoms with E-state index in [2.05, 4.69) is 18.8 Å². The number of allylic oxidation sites excluding steroid dienone is 1. The van der Waals surface area contributed by atoms with Crippen LogP contribution < -0.4 is 10.7 Å². The molecule has 0 radical (unpaired) electrons. The Labute approximate surface area is 190 Å². The van der Waals surface area contributed by atoms with Gasteiger partial charge < -0.3 is 9.88 Å². The first-order valence-corrected chi connectivity index (χ1v) is 12.8. The zero-order valence-electron chi connectivity index (χ0n) is 19.1. The van der Waals surface area contributed by atoms with Crippen molar-refractivity contribution >= 4 is 26.8 Å². The maximum atomic E-state index is 13.3. The third-order valence-corrected chi connectivity index (χ3v) is 8.36. The van der Waals surface area contributed by atoms with Crippen molar-refractivity contribution < 1.29 is 13.2 Å². The molecule has 1 N–H and O–H groups in total. The van der Waals surface area contributed by atoms with Crippen molar-refractivity contribution in [2.45, 2.75) is 63.9 Å². The average Bonchev–Trinajstić information content (AvgIpc) is 2.77. The van der Waals surface area contributed by atoms with E-state index in [0.717, 1.165) is 25.7 Å². The molecule has 2 aromatic rings. The van der Waals surface area contributed by atoms with Crippen LogP contribution in [0.4, 0.5) is 0 Å². The van der Waals surface area contributed by atoms with Gasteiger partial charge in [0.25, 0.3) is 5.91 Å². The molecule has 3 rings (SSSR count). The summed E-state index contributed by atoms with van der Waals surface area (Å²) in [5.41, 5.74) is 0.130. The first-order chi connectivity index (χ1) is 15.2. The third-order valence-electron chi connectivity index (χ3n) is 6.32. The van der Waals surface area contributed by atoms with Gasteiger partial charge in [0.2, 0.25) is 15.5 Å². The molecular weight excluding hydrogens is 426 g/mol. The number of pyridine rings is 1. The molecule has 0 aliphatic heterocycles. The number of nitrogens with one attached hydrogen (secondary N) is 1. The Kier molecular flexibility index (Phi) is 7.56. The summed E-state index contributed by atoms with van der Waals surface area (Å²) in [4.78, 5) is 26.4. The molecule has 1 amide bonds. The molecule has 0 unspecified atom stereocenters. The number of sulfonamides is 1. The topological polar surface area (TPSA) is 88.5 Å². The lowest BCUT2D eigenvalue weighted by atomic mass is 9.87. The van der Waals surface area contributed by atoms with E-state index in [9.17, 15) is 18.0 Å². The lowest BCUT2D eigenvalue weighted by molar-refractivity contribution is 0.0921. The van der Waals surface area contributed by atoms with Gasteiger partial charge in [0.15, 0.2) is 0 Å². The van der Waals surface area contributed by atoms with Gasteiger partial charge in [0.05, 0.1) is 10.4 Å². The fourth-order valence-corrected chi connectivity index (χ4v) is 5.85. The quantitative estimate of drug-likeness (QED) is 0.612. The van der Waals surface area contributed by atoms with Crippen LogP contribution in [-0.2, 0) is 16.6 Å². The zero-order chi connectivity index (χ0) is 23.5. The van der Waals surface area contributed by atoms with Gasteiger partial charge >= 0.3 is 0 Å². The van der Waals surface area contributed by atoms with Crippen LogP contribution in [0.15, 0.2) is 46.7 Å². The van der Waals surface area contributed by atoms with Crippen LogP contribution >= 0.6 is 0 Å². The zero-order valence-corrected chi connectivity index (χ0v) is 20.0. The maximum absolute atomic E-state index is 13.3. The molecule has 7 nitrogen and oxygen atoms in total. The molecule has 8 heteroatoms. The molecule has 32 heavy (non-hydrogen) atoms. The molecule has 1 aliphatic carbocycles. The van der Waals surface area contributed by atoms with Gasteiger partial charge in [-0.15, -0.1) is 6.58 Å². The second kappa shape index (κ2) is 10.0. The van der Waals surface area contributed by atoms with E-state index in [-0.39, 0.29) is 21.9 Å². The molecule has 1 aromatic heterocycles. The molecule has 1 saturated carbocycles. The number of aromatic nitrogens is 1. The molecule has 1 aliphatic rings. The van der Waals surface area contributed by atoms with Crippen molar-refractivity contribution in [1.29, 1.82) is 0 Å². The molecule has 0 spiro atoms. The largest absolute Gasteiger partial charge is 0.349 e. The Hall–Kier alpha value is -2.45. The molecule has 0 saturated heterocycles. The summed E-state index contributed by atoms with van der Waals surface area (Å²) in [7, 11) is -3.73. The Morgan fingerprint density at radius 1 is 1.22 bits per heavy atom. The van der Waals surface area contributed by atoms with Gasteiger partial charge in [-0.25, -0.2) is 8.42 Å².